The van der Waals surface area contributed by atoms with E-state index < -0.39 is 0 Å². The molecule has 4 nitrogen and oxygen atoms in total. The summed E-state index contributed by atoms with van der Waals surface area (Å²) in [4.78, 5) is 26.1. The van der Waals surface area contributed by atoms with Crippen molar-refractivity contribution in [1.29, 1.82) is 0 Å². The highest BCUT2D eigenvalue weighted by Gasteiger charge is 2.24. The minimum Gasteiger partial charge on any atom is -0.376 e. The fraction of sp³-hybridized carbons (Fsp3) is 0.333. The van der Waals surface area contributed by atoms with Gasteiger partial charge in [0.2, 0.25) is 0 Å². The molecule has 26 heavy (non-hydrogen) atoms. The van der Waals surface area contributed by atoms with Crippen LogP contribution in [-0.4, -0.2) is 35.8 Å². The van der Waals surface area contributed by atoms with Gasteiger partial charge in [-0.25, -0.2) is 4.39 Å². The van der Waals surface area contributed by atoms with Crippen LogP contribution < -0.4 is 0 Å². The number of hydrogen-bond donors (Lipinski definition) is 0. The van der Waals surface area contributed by atoms with Gasteiger partial charge in [0.15, 0.2) is 5.78 Å². The number of benzene rings is 2. The molecule has 0 N–H and O–H groups in total. The second kappa shape index (κ2) is 8.23. The summed E-state index contributed by atoms with van der Waals surface area (Å²) in [5.41, 5.74) is 1.80. The molecular formula is C21H22FNO3. The van der Waals surface area contributed by atoms with Crippen molar-refractivity contribution in [2.45, 2.75) is 32.4 Å². The highest BCUT2D eigenvalue weighted by molar-refractivity contribution is 5.97. The summed E-state index contributed by atoms with van der Waals surface area (Å²) in [5.74, 6) is -0.516. The first kappa shape index (κ1) is 18.3. The quantitative estimate of drug-likeness (QED) is 0.740. The van der Waals surface area contributed by atoms with Crippen LogP contribution >= 0.6 is 0 Å². The zero-order chi connectivity index (χ0) is 18.5. The van der Waals surface area contributed by atoms with Crippen LogP contribution in [0, 0.1) is 5.82 Å². The molecule has 3 rings (SSSR count). The van der Waals surface area contributed by atoms with Crippen LogP contribution in [0.3, 0.4) is 0 Å². The van der Waals surface area contributed by atoms with E-state index in [1.807, 2.05) is 0 Å². The maximum absolute atomic E-state index is 13.5. The van der Waals surface area contributed by atoms with Gasteiger partial charge in [0.25, 0.3) is 5.91 Å². The average molecular weight is 355 g/mol. The Morgan fingerprint density at radius 1 is 1.15 bits per heavy atom. The van der Waals surface area contributed by atoms with Crippen molar-refractivity contribution in [1.82, 2.24) is 4.90 Å². The smallest absolute Gasteiger partial charge is 0.254 e. The fourth-order valence-corrected chi connectivity index (χ4v) is 3.14. The molecule has 0 spiro atoms. The number of carbonyl (C=O) groups is 2. The van der Waals surface area contributed by atoms with E-state index >= 15 is 0 Å². The number of nitrogens with zero attached hydrogens (tertiary/aromatic N) is 1. The van der Waals surface area contributed by atoms with Crippen LogP contribution in [0.2, 0.25) is 0 Å². The Kier molecular flexibility index (Phi) is 5.78. The summed E-state index contributed by atoms with van der Waals surface area (Å²) in [5, 5.41) is 0. The summed E-state index contributed by atoms with van der Waals surface area (Å²) in [7, 11) is 0. The van der Waals surface area contributed by atoms with Crippen molar-refractivity contribution in [2.75, 3.05) is 13.2 Å². The van der Waals surface area contributed by atoms with E-state index in [0.717, 1.165) is 18.4 Å². The highest BCUT2D eigenvalue weighted by Crippen LogP contribution is 2.18. The van der Waals surface area contributed by atoms with Gasteiger partial charge in [-0.1, -0.05) is 24.3 Å². The average Bonchev–Trinajstić information content (AvgIpc) is 3.14. The van der Waals surface area contributed by atoms with Gasteiger partial charge in [0, 0.05) is 30.8 Å². The third-order valence-electron chi connectivity index (χ3n) is 4.54. The molecule has 1 amide bonds. The topological polar surface area (TPSA) is 46.6 Å². The van der Waals surface area contributed by atoms with Crippen molar-refractivity contribution >= 4 is 11.7 Å². The molecule has 0 saturated carbocycles. The van der Waals surface area contributed by atoms with Crippen molar-refractivity contribution in [3.8, 4) is 0 Å². The first-order valence-corrected chi connectivity index (χ1v) is 8.79. The molecule has 1 atom stereocenters. The molecule has 1 fully saturated rings. The number of ketones is 1. The molecule has 2 aromatic carbocycles. The molecule has 0 aliphatic carbocycles. The minimum atomic E-state index is -0.321. The third kappa shape index (κ3) is 4.55. The number of rotatable bonds is 6. The van der Waals surface area contributed by atoms with E-state index in [1.54, 1.807) is 41.3 Å². The Bertz CT molecular complexity index is 782. The molecule has 1 aliphatic heterocycles. The van der Waals surface area contributed by atoms with E-state index in [2.05, 4.69) is 0 Å². The maximum Gasteiger partial charge on any atom is 0.254 e. The van der Waals surface area contributed by atoms with Crippen molar-refractivity contribution < 1.29 is 18.7 Å². The van der Waals surface area contributed by atoms with Crippen molar-refractivity contribution in [3.05, 3.63) is 71.0 Å². The first-order chi connectivity index (χ1) is 12.5. The van der Waals surface area contributed by atoms with E-state index in [1.165, 1.54) is 19.1 Å². The number of hydrogen-bond acceptors (Lipinski definition) is 3. The van der Waals surface area contributed by atoms with Gasteiger partial charge in [0.1, 0.15) is 5.82 Å². The van der Waals surface area contributed by atoms with Gasteiger partial charge < -0.3 is 9.64 Å². The van der Waals surface area contributed by atoms with Gasteiger partial charge in [-0.05, 0) is 49.6 Å². The first-order valence-electron chi connectivity index (χ1n) is 8.79. The van der Waals surface area contributed by atoms with E-state index in [9.17, 15) is 14.0 Å². The zero-order valence-corrected chi connectivity index (χ0v) is 14.8. The van der Waals surface area contributed by atoms with Crippen molar-refractivity contribution in [2.24, 2.45) is 0 Å². The van der Waals surface area contributed by atoms with Crippen LogP contribution in [0.5, 0.6) is 0 Å². The largest absolute Gasteiger partial charge is 0.376 e. The number of amides is 1. The van der Waals surface area contributed by atoms with E-state index in [4.69, 9.17) is 4.74 Å². The lowest BCUT2D eigenvalue weighted by Crippen LogP contribution is -2.37. The van der Waals surface area contributed by atoms with Gasteiger partial charge in [0.05, 0.1) is 6.10 Å². The summed E-state index contributed by atoms with van der Waals surface area (Å²) in [6.07, 6.45) is 1.90. The Morgan fingerprint density at radius 2 is 1.88 bits per heavy atom. The number of halogens is 1. The molecular weight excluding hydrogens is 333 g/mol. The highest BCUT2D eigenvalue weighted by atomic mass is 19.1. The minimum absolute atomic E-state index is 0.00371. The number of carbonyl (C=O) groups excluding carboxylic acids is 2. The summed E-state index contributed by atoms with van der Waals surface area (Å²) in [6, 6.07) is 12.9. The second-order valence-electron chi connectivity index (χ2n) is 6.58. The fourth-order valence-electron chi connectivity index (χ4n) is 3.14. The number of Topliss-reactive ketones (excluding diaryl/α,β-unsaturated/α-hetero) is 1. The molecule has 0 radical (unpaired) electrons. The molecule has 2 aromatic rings. The zero-order valence-electron chi connectivity index (χ0n) is 14.8. The molecule has 1 unspecified atom stereocenters. The van der Waals surface area contributed by atoms with Crippen LogP contribution in [0.4, 0.5) is 4.39 Å². The predicted molar refractivity (Wildman–Crippen MR) is 96.6 cm³/mol. The standard InChI is InChI=1S/C21H22FNO3/c1-15(24)17-7-9-18(10-8-17)21(25)23(14-20-6-3-11-26-20)13-16-4-2-5-19(22)12-16/h2,4-5,7-10,12,20H,3,6,11,13-14H2,1H3. The monoisotopic (exact) mass is 355 g/mol. The maximum atomic E-state index is 13.5. The van der Waals surface area contributed by atoms with Gasteiger partial charge in [-0.3, -0.25) is 9.59 Å². The van der Waals surface area contributed by atoms with Gasteiger partial charge in [-0.15, -0.1) is 0 Å². The molecule has 1 aliphatic rings. The van der Waals surface area contributed by atoms with Crippen LogP contribution in [-0.2, 0) is 11.3 Å². The lowest BCUT2D eigenvalue weighted by atomic mass is 10.1. The van der Waals surface area contributed by atoms with E-state index in [0.29, 0.717) is 30.8 Å². The SMILES string of the molecule is CC(=O)c1ccc(C(=O)N(Cc2cccc(F)c2)CC2CCCO2)cc1. The molecule has 0 bridgehead atoms. The van der Waals surface area contributed by atoms with Crippen molar-refractivity contribution in [3.63, 3.8) is 0 Å². The lowest BCUT2D eigenvalue weighted by molar-refractivity contribution is 0.0507. The normalized spacial score (nSPS) is 16.5. The Morgan fingerprint density at radius 3 is 2.50 bits per heavy atom. The Balaban J connectivity index is 1.80. The van der Waals surface area contributed by atoms with Gasteiger partial charge in [-0.2, -0.15) is 0 Å². The predicted octanol–water partition coefficient (Wildman–Crippen LogP) is 3.85. The summed E-state index contributed by atoms with van der Waals surface area (Å²) < 4.78 is 19.2. The van der Waals surface area contributed by atoms with Gasteiger partial charge >= 0.3 is 0 Å². The summed E-state index contributed by atoms with van der Waals surface area (Å²) >= 11 is 0. The Hall–Kier alpha value is -2.53. The summed E-state index contributed by atoms with van der Waals surface area (Å²) in [6.45, 7) is 2.97. The molecule has 1 saturated heterocycles. The molecule has 136 valence electrons. The number of ether oxygens (including phenoxy) is 1. The van der Waals surface area contributed by atoms with Crippen LogP contribution in [0.15, 0.2) is 48.5 Å². The molecule has 5 heteroatoms. The third-order valence-corrected chi connectivity index (χ3v) is 4.54. The van der Waals surface area contributed by atoms with Crippen LogP contribution in [0.1, 0.15) is 46.0 Å². The second-order valence-corrected chi connectivity index (χ2v) is 6.58. The lowest BCUT2D eigenvalue weighted by Gasteiger charge is -2.26. The van der Waals surface area contributed by atoms with E-state index in [-0.39, 0.29) is 23.6 Å². The Labute approximate surface area is 152 Å². The molecule has 1 heterocycles. The molecule has 0 aromatic heterocycles. The van der Waals surface area contributed by atoms with Crippen LogP contribution in [0.25, 0.3) is 0 Å².